The minimum atomic E-state index is -1.15. The highest BCUT2D eigenvalue weighted by Crippen LogP contribution is 2.22. The molecule has 0 bridgehead atoms. The molecule has 1 aromatic carbocycles. The zero-order valence-electron chi connectivity index (χ0n) is 10.4. The van der Waals surface area contributed by atoms with Crippen LogP contribution >= 0.6 is 0 Å². The highest BCUT2D eigenvalue weighted by molar-refractivity contribution is 5.50. The molecule has 98 valence electrons. The van der Waals surface area contributed by atoms with Gasteiger partial charge in [0, 0.05) is 12.1 Å². The molecule has 0 saturated heterocycles. The van der Waals surface area contributed by atoms with Crippen LogP contribution in [0.3, 0.4) is 0 Å². The lowest BCUT2D eigenvalue weighted by Gasteiger charge is -2.08. The van der Waals surface area contributed by atoms with Gasteiger partial charge >= 0.3 is 0 Å². The molecule has 1 heterocycles. The van der Waals surface area contributed by atoms with Gasteiger partial charge in [-0.3, -0.25) is 0 Å². The Morgan fingerprint density at radius 3 is 2.63 bits per heavy atom. The van der Waals surface area contributed by atoms with E-state index in [1.165, 1.54) is 12.1 Å². The molecule has 6 heteroatoms. The molecule has 0 aliphatic heterocycles. The molecule has 0 amide bonds. The number of hydrogen-bond donors (Lipinski definition) is 1. The van der Waals surface area contributed by atoms with Crippen LogP contribution < -0.4 is 5.32 Å². The first-order chi connectivity index (χ1) is 9.04. The number of aromatic nitrogens is 1. The first-order valence-electron chi connectivity index (χ1n) is 5.58. The van der Waals surface area contributed by atoms with Crippen molar-refractivity contribution in [1.82, 2.24) is 5.16 Å². The molecule has 0 radical (unpaired) electrons. The Kier molecular flexibility index (Phi) is 3.47. The van der Waals surface area contributed by atoms with E-state index in [0.717, 1.165) is 5.56 Å². The number of benzene rings is 1. The monoisotopic (exact) mass is 263 g/mol. The van der Waals surface area contributed by atoms with Crippen LogP contribution in [0.2, 0.25) is 0 Å². The Hall–Kier alpha value is -2.42. The van der Waals surface area contributed by atoms with Crippen LogP contribution in [0, 0.1) is 36.8 Å². The van der Waals surface area contributed by atoms with Crippen molar-refractivity contribution >= 4 is 5.69 Å². The number of halogens is 2. The van der Waals surface area contributed by atoms with Crippen molar-refractivity contribution in [2.45, 2.75) is 20.4 Å². The van der Waals surface area contributed by atoms with Gasteiger partial charge in [-0.1, -0.05) is 5.16 Å². The summed E-state index contributed by atoms with van der Waals surface area (Å²) in [6, 6.07) is 4.14. The Balaban J connectivity index is 2.22. The average Bonchev–Trinajstić information content (AvgIpc) is 2.71. The van der Waals surface area contributed by atoms with E-state index in [1.807, 2.05) is 0 Å². The second kappa shape index (κ2) is 5.06. The molecule has 4 nitrogen and oxygen atoms in total. The molecule has 1 aromatic heterocycles. The Morgan fingerprint density at radius 2 is 2.05 bits per heavy atom. The number of nitrogens with one attached hydrogen (secondary N) is 1. The summed E-state index contributed by atoms with van der Waals surface area (Å²) >= 11 is 0. The van der Waals surface area contributed by atoms with Crippen molar-refractivity contribution in [3.05, 3.63) is 46.3 Å². The highest BCUT2D eigenvalue weighted by atomic mass is 19.2. The van der Waals surface area contributed by atoms with Gasteiger partial charge in [-0.2, -0.15) is 5.26 Å². The van der Waals surface area contributed by atoms with Crippen molar-refractivity contribution < 1.29 is 13.3 Å². The number of rotatable bonds is 3. The van der Waals surface area contributed by atoms with Crippen LogP contribution in [0.4, 0.5) is 14.5 Å². The van der Waals surface area contributed by atoms with E-state index < -0.39 is 11.6 Å². The molecule has 0 atom stereocenters. The summed E-state index contributed by atoms with van der Waals surface area (Å²) in [5.41, 5.74) is 1.17. The molecule has 2 rings (SSSR count). The van der Waals surface area contributed by atoms with Gasteiger partial charge in [0.25, 0.3) is 0 Å². The third kappa shape index (κ3) is 2.40. The lowest BCUT2D eigenvalue weighted by Crippen LogP contribution is -2.05. The minimum Gasteiger partial charge on any atom is -0.378 e. The molecular weight excluding hydrogens is 252 g/mol. The molecule has 0 unspecified atom stereocenters. The van der Waals surface area contributed by atoms with E-state index in [2.05, 4.69) is 10.5 Å². The lowest BCUT2D eigenvalue weighted by molar-refractivity contribution is 0.392. The number of aryl methyl sites for hydroxylation is 2. The average molecular weight is 263 g/mol. The predicted molar refractivity (Wildman–Crippen MR) is 64.4 cm³/mol. The van der Waals surface area contributed by atoms with E-state index in [4.69, 9.17) is 9.78 Å². The summed E-state index contributed by atoms with van der Waals surface area (Å²) in [5, 5.41) is 15.1. The molecule has 19 heavy (non-hydrogen) atoms. The van der Waals surface area contributed by atoms with Crippen LogP contribution in [0.5, 0.6) is 0 Å². The van der Waals surface area contributed by atoms with E-state index in [0.29, 0.717) is 11.5 Å². The fraction of sp³-hybridized carbons (Fsp3) is 0.231. The van der Waals surface area contributed by atoms with Crippen molar-refractivity contribution in [2.75, 3.05) is 5.32 Å². The van der Waals surface area contributed by atoms with E-state index >= 15 is 0 Å². The van der Waals surface area contributed by atoms with Crippen molar-refractivity contribution in [1.29, 1.82) is 5.26 Å². The summed E-state index contributed by atoms with van der Waals surface area (Å²) in [5.74, 6) is -1.59. The molecule has 2 aromatic rings. The molecule has 0 aliphatic carbocycles. The topological polar surface area (TPSA) is 61.9 Å². The summed E-state index contributed by atoms with van der Waals surface area (Å²) in [6.45, 7) is 3.78. The second-order valence-electron chi connectivity index (χ2n) is 4.06. The van der Waals surface area contributed by atoms with Crippen LogP contribution in [0.25, 0.3) is 0 Å². The summed E-state index contributed by atoms with van der Waals surface area (Å²) in [4.78, 5) is 0. The Morgan fingerprint density at radius 1 is 1.32 bits per heavy atom. The Labute approximate surface area is 108 Å². The fourth-order valence-corrected chi connectivity index (χ4v) is 1.71. The van der Waals surface area contributed by atoms with Crippen LogP contribution in [-0.2, 0) is 6.54 Å². The third-order valence-electron chi connectivity index (χ3n) is 2.84. The summed E-state index contributed by atoms with van der Waals surface area (Å²) in [7, 11) is 0. The van der Waals surface area contributed by atoms with Crippen molar-refractivity contribution in [3.8, 4) is 6.07 Å². The number of anilines is 1. The van der Waals surface area contributed by atoms with Gasteiger partial charge in [-0.15, -0.1) is 0 Å². The zero-order chi connectivity index (χ0) is 14.0. The minimum absolute atomic E-state index is 0.00324. The van der Waals surface area contributed by atoms with Crippen molar-refractivity contribution in [2.24, 2.45) is 0 Å². The first kappa shape index (κ1) is 13.0. The highest BCUT2D eigenvalue weighted by Gasteiger charge is 2.14. The standard InChI is InChI=1S/C13H11F2N3O/c1-7-10(8(2)19-18-7)6-17-11-4-3-9(5-16)12(14)13(11)15/h3-4,17H,6H2,1-2H3. The SMILES string of the molecule is Cc1noc(C)c1CNc1ccc(C#N)c(F)c1F. The summed E-state index contributed by atoms with van der Waals surface area (Å²) < 4.78 is 32.0. The first-order valence-corrected chi connectivity index (χ1v) is 5.58. The van der Waals surface area contributed by atoms with E-state index in [1.54, 1.807) is 19.9 Å². The Bertz CT molecular complexity index is 639. The van der Waals surface area contributed by atoms with Gasteiger partial charge in [-0.25, -0.2) is 8.78 Å². The van der Waals surface area contributed by atoms with Gasteiger partial charge in [-0.05, 0) is 26.0 Å². The molecule has 0 fully saturated rings. The van der Waals surface area contributed by atoms with Crippen molar-refractivity contribution in [3.63, 3.8) is 0 Å². The van der Waals surface area contributed by atoms with Gasteiger partial charge in [0.2, 0.25) is 0 Å². The maximum atomic E-state index is 13.7. The fourth-order valence-electron chi connectivity index (χ4n) is 1.71. The van der Waals surface area contributed by atoms with Crippen LogP contribution in [0.1, 0.15) is 22.6 Å². The lowest BCUT2D eigenvalue weighted by atomic mass is 10.1. The predicted octanol–water partition coefficient (Wildman–Crippen LogP) is 3.05. The third-order valence-corrected chi connectivity index (χ3v) is 2.84. The van der Waals surface area contributed by atoms with E-state index in [-0.39, 0.29) is 17.8 Å². The van der Waals surface area contributed by atoms with Crippen LogP contribution in [-0.4, -0.2) is 5.16 Å². The molecule has 0 saturated carbocycles. The maximum Gasteiger partial charge on any atom is 0.183 e. The summed E-state index contributed by atoms with van der Waals surface area (Å²) in [6.07, 6.45) is 0. The van der Waals surface area contributed by atoms with E-state index in [9.17, 15) is 8.78 Å². The molecular formula is C13H11F2N3O. The van der Waals surface area contributed by atoms with Gasteiger partial charge in [0.05, 0.1) is 16.9 Å². The smallest absolute Gasteiger partial charge is 0.183 e. The van der Waals surface area contributed by atoms with Gasteiger partial charge < -0.3 is 9.84 Å². The quantitative estimate of drug-likeness (QED) is 0.924. The van der Waals surface area contributed by atoms with Gasteiger partial charge in [0.15, 0.2) is 11.6 Å². The molecule has 0 aliphatic rings. The maximum absolute atomic E-state index is 13.7. The molecule has 1 N–H and O–H groups in total. The normalized spacial score (nSPS) is 10.3. The number of nitriles is 1. The second-order valence-corrected chi connectivity index (χ2v) is 4.06. The largest absolute Gasteiger partial charge is 0.378 e. The number of hydrogen-bond acceptors (Lipinski definition) is 4. The van der Waals surface area contributed by atoms with Crippen LogP contribution in [0.15, 0.2) is 16.7 Å². The zero-order valence-corrected chi connectivity index (χ0v) is 10.4. The number of nitrogens with zero attached hydrogens (tertiary/aromatic N) is 2. The molecule has 0 spiro atoms. The van der Waals surface area contributed by atoms with Gasteiger partial charge in [0.1, 0.15) is 11.8 Å².